The number of hydrogen-bond donors (Lipinski definition) is 0. The minimum absolute atomic E-state index is 0.183. The van der Waals surface area contributed by atoms with E-state index in [0.717, 1.165) is 0 Å². The van der Waals surface area contributed by atoms with E-state index < -0.39 is 18.0 Å². The Balaban J connectivity index is 2.64. The van der Waals surface area contributed by atoms with E-state index in [1.165, 1.54) is 43.5 Å². The SMILES string of the molecule is COC(=O)C(CC(C)C)OC(=O)/C=C/c1ccc(F)cc1. The fraction of sp³-hybridized carbons (Fsp3) is 0.375. The number of halogens is 1. The average molecular weight is 294 g/mol. The van der Waals surface area contributed by atoms with Crippen LogP contribution in [0.25, 0.3) is 6.08 Å². The molecule has 0 N–H and O–H groups in total. The van der Waals surface area contributed by atoms with Crippen LogP contribution in [0.15, 0.2) is 30.3 Å². The van der Waals surface area contributed by atoms with E-state index in [0.29, 0.717) is 12.0 Å². The number of benzene rings is 1. The number of methoxy groups -OCH3 is 1. The topological polar surface area (TPSA) is 52.6 Å². The summed E-state index contributed by atoms with van der Waals surface area (Å²) in [5, 5.41) is 0. The molecule has 1 atom stereocenters. The van der Waals surface area contributed by atoms with Crippen molar-refractivity contribution < 1.29 is 23.5 Å². The summed E-state index contributed by atoms with van der Waals surface area (Å²) in [6.07, 6.45) is 2.16. The highest BCUT2D eigenvalue weighted by atomic mass is 19.1. The van der Waals surface area contributed by atoms with Gasteiger partial charge < -0.3 is 9.47 Å². The van der Waals surface area contributed by atoms with E-state index in [2.05, 4.69) is 4.74 Å². The summed E-state index contributed by atoms with van der Waals surface area (Å²) in [5.74, 6) is -1.39. The Morgan fingerprint density at radius 3 is 2.38 bits per heavy atom. The van der Waals surface area contributed by atoms with Gasteiger partial charge >= 0.3 is 11.9 Å². The smallest absolute Gasteiger partial charge is 0.347 e. The van der Waals surface area contributed by atoms with Crippen LogP contribution < -0.4 is 0 Å². The van der Waals surface area contributed by atoms with Crippen LogP contribution in [-0.2, 0) is 19.1 Å². The second kappa shape index (κ2) is 8.19. The third-order valence-electron chi connectivity index (χ3n) is 2.69. The number of esters is 2. The van der Waals surface area contributed by atoms with Crippen LogP contribution in [0, 0.1) is 11.7 Å². The molecule has 4 nitrogen and oxygen atoms in total. The molecule has 1 aromatic carbocycles. The predicted octanol–water partition coefficient (Wildman–Crippen LogP) is 2.97. The van der Waals surface area contributed by atoms with E-state index in [4.69, 9.17) is 4.74 Å². The molecule has 0 spiro atoms. The maximum Gasteiger partial charge on any atom is 0.347 e. The van der Waals surface area contributed by atoms with Gasteiger partial charge in [0.25, 0.3) is 0 Å². The molecule has 1 unspecified atom stereocenters. The Morgan fingerprint density at radius 1 is 1.24 bits per heavy atom. The van der Waals surface area contributed by atoms with Gasteiger partial charge in [-0.2, -0.15) is 0 Å². The predicted molar refractivity (Wildman–Crippen MR) is 76.8 cm³/mol. The van der Waals surface area contributed by atoms with Gasteiger partial charge in [0.15, 0.2) is 6.10 Å². The van der Waals surface area contributed by atoms with Gasteiger partial charge in [0, 0.05) is 6.08 Å². The molecular formula is C16H19FO4. The monoisotopic (exact) mass is 294 g/mol. The molecule has 1 rings (SSSR count). The number of carbonyl (C=O) groups excluding carboxylic acids is 2. The first kappa shape index (κ1) is 16.9. The van der Waals surface area contributed by atoms with Crippen LogP contribution in [0.4, 0.5) is 4.39 Å². The molecule has 0 aliphatic carbocycles. The van der Waals surface area contributed by atoms with Gasteiger partial charge in [-0.1, -0.05) is 26.0 Å². The van der Waals surface area contributed by atoms with Crippen molar-refractivity contribution in [2.75, 3.05) is 7.11 Å². The van der Waals surface area contributed by atoms with Crippen LogP contribution in [0.2, 0.25) is 0 Å². The fourth-order valence-corrected chi connectivity index (χ4v) is 1.67. The molecule has 1 aromatic rings. The highest BCUT2D eigenvalue weighted by molar-refractivity contribution is 5.89. The number of hydrogen-bond acceptors (Lipinski definition) is 4. The first-order valence-electron chi connectivity index (χ1n) is 6.64. The quantitative estimate of drug-likeness (QED) is 0.598. The molecule has 0 saturated heterocycles. The second-order valence-corrected chi connectivity index (χ2v) is 4.96. The van der Waals surface area contributed by atoms with Crippen molar-refractivity contribution in [3.05, 3.63) is 41.7 Å². The van der Waals surface area contributed by atoms with E-state index in [9.17, 15) is 14.0 Å². The molecule has 0 amide bonds. The number of rotatable bonds is 6. The van der Waals surface area contributed by atoms with Gasteiger partial charge in [-0.3, -0.25) is 0 Å². The zero-order valence-electron chi connectivity index (χ0n) is 12.3. The first-order valence-corrected chi connectivity index (χ1v) is 6.64. The van der Waals surface area contributed by atoms with Gasteiger partial charge in [0.05, 0.1) is 7.11 Å². The molecule has 114 valence electrons. The molecular weight excluding hydrogens is 275 g/mol. The van der Waals surface area contributed by atoms with Crippen molar-refractivity contribution in [3.8, 4) is 0 Å². The highest BCUT2D eigenvalue weighted by Gasteiger charge is 2.23. The van der Waals surface area contributed by atoms with Crippen molar-refractivity contribution in [2.45, 2.75) is 26.4 Å². The molecule has 0 heterocycles. The first-order chi connectivity index (χ1) is 9.92. The summed E-state index contributed by atoms with van der Waals surface area (Å²) in [6.45, 7) is 3.83. The highest BCUT2D eigenvalue weighted by Crippen LogP contribution is 2.11. The van der Waals surface area contributed by atoms with Crippen molar-refractivity contribution >= 4 is 18.0 Å². The Bertz CT molecular complexity index is 506. The van der Waals surface area contributed by atoms with Crippen LogP contribution in [-0.4, -0.2) is 25.2 Å². The van der Waals surface area contributed by atoms with Crippen LogP contribution in [0.1, 0.15) is 25.8 Å². The molecule has 0 aliphatic heterocycles. The van der Waals surface area contributed by atoms with E-state index in [1.54, 1.807) is 0 Å². The van der Waals surface area contributed by atoms with Gasteiger partial charge in [-0.15, -0.1) is 0 Å². The average Bonchev–Trinajstić information content (AvgIpc) is 2.44. The van der Waals surface area contributed by atoms with Gasteiger partial charge in [0.1, 0.15) is 5.82 Å². The van der Waals surface area contributed by atoms with Crippen molar-refractivity contribution in [1.29, 1.82) is 0 Å². The normalized spacial score (nSPS) is 12.4. The maximum atomic E-state index is 12.7. The largest absolute Gasteiger partial charge is 0.466 e. The maximum absolute atomic E-state index is 12.7. The molecule has 5 heteroatoms. The van der Waals surface area contributed by atoms with Crippen molar-refractivity contribution in [1.82, 2.24) is 0 Å². The van der Waals surface area contributed by atoms with Crippen molar-refractivity contribution in [2.24, 2.45) is 5.92 Å². The van der Waals surface area contributed by atoms with Gasteiger partial charge in [-0.25, -0.2) is 14.0 Å². The molecule has 0 aliphatic rings. The third-order valence-corrected chi connectivity index (χ3v) is 2.69. The number of carbonyl (C=O) groups is 2. The lowest BCUT2D eigenvalue weighted by atomic mass is 10.1. The standard InChI is InChI=1S/C16H19FO4/c1-11(2)10-14(16(19)20-3)21-15(18)9-6-12-4-7-13(17)8-5-12/h4-9,11,14H,10H2,1-3H3/b9-6+. The Kier molecular flexibility index (Phi) is 6.59. The van der Waals surface area contributed by atoms with Gasteiger partial charge in [-0.05, 0) is 36.1 Å². The molecule has 0 aromatic heterocycles. The van der Waals surface area contributed by atoms with E-state index in [-0.39, 0.29) is 11.7 Å². The minimum Gasteiger partial charge on any atom is -0.466 e. The van der Waals surface area contributed by atoms with Crippen LogP contribution in [0.3, 0.4) is 0 Å². The molecule has 21 heavy (non-hydrogen) atoms. The second-order valence-electron chi connectivity index (χ2n) is 4.96. The summed E-state index contributed by atoms with van der Waals surface area (Å²) in [4.78, 5) is 23.2. The zero-order valence-corrected chi connectivity index (χ0v) is 12.3. The summed E-state index contributed by atoms with van der Waals surface area (Å²) in [5.41, 5.74) is 0.659. The van der Waals surface area contributed by atoms with Crippen LogP contribution >= 0.6 is 0 Å². The summed E-state index contributed by atoms with van der Waals surface area (Å²) in [6, 6.07) is 5.65. The van der Waals surface area contributed by atoms with Gasteiger partial charge in [0.2, 0.25) is 0 Å². The lowest BCUT2D eigenvalue weighted by Gasteiger charge is -2.16. The van der Waals surface area contributed by atoms with Crippen molar-refractivity contribution in [3.63, 3.8) is 0 Å². The number of ether oxygens (including phenoxy) is 2. The molecule has 0 fully saturated rings. The lowest BCUT2D eigenvalue weighted by Crippen LogP contribution is -2.29. The van der Waals surface area contributed by atoms with Crippen LogP contribution in [0.5, 0.6) is 0 Å². The molecule has 0 saturated carbocycles. The van der Waals surface area contributed by atoms with E-state index in [1.807, 2.05) is 13.8 Å². The Morgan fingerprint density at radius 2 is 1.86 bits per heavy atom. The summed E-state index contributed by atoms with van der Waals surface area (Å²) in [7, 11) is 1.25. The molecule has 0 radical (unpaired) electrons. The third kappa shape index (κ3) is 6.21. The Hall–Kier alpha value is -2.17. The summed E-state index contributed by atoms with van der Waals surface area (Å²) < 4.78 is 22.4. The summed E-state index contributed by atoms with van der Waals surface area (Å²) >= 11 is 0. The fourth-order valence-electron chi connectivity index (χ4n) is 1.67. The Labute approximate surface area is 123 Å². The lowest BCUT2D eigenvalue weighted by molar-refractivity contribution is -0.164. The zero-order chi connectivity index (χ0) is 15.8. The minimum atomic E-state index is -0.916. The molecule has 0 bridgehead atoms. The van der Waals surface area contributed by atoms with E-state index >= 15 is 0 Å².